The molecule has 0 aromatic rings. The Morgan fingerprint density at radius 2 is 1.45 bits per heavy atom. The molecule has 116 valence electrons. The van der Waals surface area contributed by atoms with Gasteiger partial charge in [0.2, 0.25) is 5.91 Å². The zero-order chi connectivity index (χ0) is 15.3. The van der Waals surface area contributed by atoms with Gasteiger partial charge >= 0.3 is 6.03 Å². The Bertz CT molecular complexity index is 338. The van der Waals surface area contributed by atoms with Crippen molar-refractivity contribution >= 4 is 11.9 Å². The molecule has 5 nitrogen and oxygen atoms in total. The Labute approximate surface area is 122 Å². The van der Waals surface area contributed by atoms with E-state index in [1.807, 2.05) is 25.7 Å². The molecule has 1 N–H and O–H groups in total. The summed E-state index contributed by atoms with van der Waals surface area (Å²) in [5, 5.41) is 2.96. The molecule has 0 aliphatic carbocycles. The second kappa shape index (κ2) is 6.95. The molecule has 20 heavy (non-hydrogen) atoms. The largest absolute Gasteiger partial charge is 0.339 e. The molecule has 0 aromatic heterocycles. The van der Waals surface area contributed by atoms with Crippen LogP contribution in [0.15, 0.2) is 0 Å². The molecule has 0 bridgehead atoms. The number of rotatable bonds is 3. The molecule has 3 amide bonds. The van der Waals surface area contributed by atoms with Crippen molar-refractivity contribution in [3.8, 4) is 0 Å². The van der Waals surface area contributed by atoms with Crippen molar-refractivity contribution in [2.75, 3.05) is 26.2 Å². The Morgan fingerprint density at radius 1 is 1.00 bits per heavy atom. The summed E-state index contributed by atoms with van der Waals surface area (Å²) < 4.78 is 0. The quantitative estimate of drug-likeness (QED) is 0.862. The first-order chi connectivity index (χ1) is 9.28. The van der Waals surface area contributed by atoms with Crippen LogP contribution in [0.1, 0.15) is 47.5 Å². The van der Waals surface area contributed by atoms with Gasteiger partial charge in [-0.05, 0) is 33.6 Å². The molecule has 0 saturated carbocycles. The number of piperazine rings is 1. The van der Waals surface area contributed by atoms with Crippen molar-refractivity contribution < 1.29 is 9.59 Å². The third-order valence-corrected chi connectivity index (χ3v) is 3.70. The number of amides is 3. The number of hydrogen-bond acceptors (Lipinski definition) is 2. The first-order valence-electron chi connectivity index (χ1n) is 7.64. The number of carbonyl (C=O) groups is 2. The minimum absolute atomic E-state index is 0.0351. The van der Waals surface area contributed by atoms with Crippen LogP contribution >= 0.6 is 0 Å². The van der Waals surface area contributed by atoms with Crippen molar-refractivity contribution in [3.63, 3.8) is 0 Å². The van der Waals surface area contributed by atoms with Gasteiger partial charge < -0.3 is 15.1 Å². The predicted molar refractivity (Wildman–Crippen MR) is 80.5 cm³/mol. The molecule has 0 spiro atoms. The van der Waals surface area contributed by atoms with Gasteiger partial charge in [-0.25, -0.2) is 4.79 Å². The average molecular weight is 283 g/mol. The second-order valence-electron chi connectivity index (χ2n) is 6.51. The number of urea groups is 1. The molecular weight excluding hydrogens is 254 g/mol. The standard InChI is InChI=1S/C15H29N3O2/c1-6-12(7-2)13(19)17-8-10-18(11-9-17)14(20)16-15(3,4)5/h12H,6-11H2,1-5H3,(H,16,20). The van der Waals surface area contributed by atoms with Gasteiger partial charge in [-0.15, -0.1) is 0 Å². The molecule has 5 heteroatoms. The van der Waals surface area contributed by atoms with Gasteiger partial charge in [0.1, 0.15) is 0 Å². The zero-order valence-electron chi connectivity index (χ0n) is 13.5. The molecule has 1 rings (SSSR count). The first-order valence-corrected chi connectivity index (χ1v) is 7.64. The summed E-state index contributed by atoms with van der Waals surface area (Å²) in [6.07, 6.45) is 1.78. The normalized spacial score (nSPS) is 16.5. The van der Waals surface area contributed by atoms with E-state index >= 15 is 0 Å². The molecule has 0 aromatic carbocycles. The highest BCUT2D eigenvalue weighted by atomic mass is 16.2. The summed E-state index contributed by atoms with van der Waals surface area (Å²) in [5.74, 6) is 0.371. The van der Waals surface area contributed by atoms with Gasteiger partial charge in [-0.3, -0.25) is 4.79 Å². The van der Waals surface area contributed by atoms with Gasteiger partial charge in [0, 0.05) is 37.6 Å². The number of nitrogens with zero attached hydrogens (tertiary/aromatic N) is 2. The third kappa shape index (κ3) is 4.69. The molecular formula is C15H29N3O2. The summed E-state index contributed by atoms with van der Waals surface area (Å²) in [4.78, 5) is 28.0. The molecule has 0 radical (unpaired) electrons. The van der Waals surface area contributed by atoms with Crippen LogP contribution < -0.4 is 5.32 Å². The van der Waals surface area contributed by atoms with E-state index in [0.717, 1.165) is 12.8 Å². The van der Waals surface area contributed by atoms with Crippen LogP contribution in [0.2, 0.25) is 0 Å². The average Bonchev–Trinajstić information content (AvgIpc) is 2.38. The van der Waals surface area contributed by atoms with E-state index in [2.05, 4.69) is 19.2 Å². The smallest absolute Gasteiger partial charge is 0.317 e. The lowest BCUT2D eigenvalue weighted by molar-refractivity contribution is -0.137. The second-order valence-corrected chi connectivity index (χ2v) is 6.51. The Balaban J connectivity index is 2.47. The van der Waals surface area contributed by atoms with E-state index in [0.29, 0.717) is 26.2 Å². The molecule has 1 saturated heterocycles. The van der Waals surface area contributed by atoms with Crippen LogP contribution in [0.4, 0.5) is 4.79 Å². The molecule has 0 atom stereocenters. The topological polar surface area (TPSA) is 52.7 Å². The van der Waals surface area contributed by atoms with Crippen molar-refractivity contribution in [1.29, 1.82) is 0 Å². The fourth-order valence-electron chi connectivity index (χ4n) is 2.43. The summed E-state index contributed by atoms with van der Waals surface area (Å²) in [6.45, 7) is 12.5. The molecule has 1 heterocycles. The van der Waals surface area contributed by atoms with Gasteiger partial charge in [0.25, 0.3) is 0 Å². The molecule has 0 unspecified atom stereocenters. The van der Waals surface area contributed by atoms with Gasteiger partial charge in [0.15, 0.2) is 0 Å². The lowest BCUT2D eigenvalue weighted by atomic mass is 10.0. The minimum Gasteiger partial charge on any atom is -0.339 e. The third-order valence-electron chi connectivity index (χ3n) is 3.70. The van der Waals surface area contributed by atoms with Crippen molar-refractivity contribution in [3.05, 3.63) is 0 Å². The van der Waals surface area contributed by atoms with Gasteiger partial charge in [0.05, 0.1) is 0 Å². The predicted octanol–water partition coefficient (Wildman–Crippen LogP) is 2.07. The zero-order valence-corrected chi connectivity index (χ0v) is 13.5. The maximum atomic E-state index is 12.3. The highest BCUT2D eigenvalue weighted by molar-refractivity contribution is 5.79. The first kappa shape index (κ1) is 16.8. The van der Waals surface area contributed by atoms with Crippen LogP contribution in [-0.2, 0) is 4.79 Å². The van der Waals surface area contributed by atoms with Crippen molar-refractivity contribution in [2.45, 2.75) is 53.0 Å². The van der Waals surface area contributed by atoms with Crippen LogP contribution in [0.3, 0.4) is 0 Å². The van der Waals surface area contributed by atoms with Crippen LogP contribution in [0.25, 0.3) is 0 Å². The van der Waals surface area contributed by atoms with Crippen LogP contribution in [0.5, 0.6) is 0 Å². The fourth-order valence-corrected chi connectivity index (χ4v) is 2.43. The SMILES string of the molecule is CCC(CC)C(=O)N1CCN(C(=O)NC(C)(C)C)CC1. The van der Waals surface area contributed by atoms with Crippen LogP contribution in [-0.4, -0.2) is 53.5 Å². The number of nitrogens with one attached hydrogen (secondary N) is 1. The van der Waals surface area contributed by atoms with Gasteiger partial charge in [-0.1, -0.05) is 13.8 Å². The Hall–Kier alpha value is -1.26. The van der Waals surface area contributed by atoms with E-state index in [1.54, 1.807) is 4.90 Å². The van der Waals surface area contributed by atoms with Crippen molar-refractivity contribution in [1.82, 2.24) is 15.1 Å². The fraction of sp³-hybridized carbons (Fsp3) is 0.867. The summed E-state index contributed by atoms with van der Waals surface area (Å²) in [5.41, 5.74) is -0.223. The summed E-state index contributed by atoms with van der Waals surface area (Å²) in [7, 11) is 0. The number of carbonyl (C=O) groups excluding carboxylic acids is 2. The number of hydrogen-bond donors (Lipinski definition) is 1. The summed E-state index contributed by atoms with van der Waals surface area (Å²) in [6, 6.07) is -0.0351. The molecule has 1 aliphatic rings. The molecule has 1 aliphatic heterocycles. The highest BCUT2D eigenvalue weighted by Crippen LogP contribution is 2.14. The Morgan fingerprint density at radius 3 is 1.85 bits per heavy atom. The maximum absolute atomic E-state index is 12.3. The van der Waals surface area contributed by atoms with Crippen molar-refractivity contribution in [2.24, 2.45) is 5.92 Å². The highest BCUT2D eigenvalue weighted by Gasteiger charge is 2.28. The van der Waals surface area contributed by atoms with E-state index in [-0.39, 0.29) is 23.4 Å². The van der Waals surface area contributed by atoms with Gasteiger partial charge in [-0.2, -0.15) is 0 Å². The van der Waals surface area contributed by atoms with E-state index in [9.17, 15) is 9.59 Å². The van der Waals surface area contributed by atoms with E-state index in [4.69, 9.17) is 0 Å². The lowest BCUT2D eigenvalue weighted by Crippen LogP contribution is -2.56. The van der Waals surface area contributed by atoms with E-state index in [1.165, 1.54) is 0 Å². The minimum atomic E-state index is -0.223. The van der Waals surface area contributed by atoms with Crippen LogP contribution in [0, 0.1) is 5.92 Å². The Kier molecular flexibility index (Phi) is 5.84. The molecule has 1 fully saturated rings. The monoisotopic (exact) mass is 283 g/mol. The lowest BCUT2D eigenvalue weighted by Gasteiger charge is -2.37. The van der Waals surface area contributed by atoms with E-state index < -0.39 is 0 Å². The summed E-state index contributed by atoms with van der Waals surface area (Å²) >= 11 is 0. The maximum Gasteiger partial charge on any atom is 0.317 e.